The minimum absolute atomic E-state index is 0.380. The fourth-order valence-electron chi connectivity index (χ4n) is 4.64. The number of fused-ring (bicyclic) bond motifs is 5. The number of esters is 1. The van der Waals surface area contributed by atoms with Crippen LogP contribution in [-0.2, 0) is 4.74 Å². The van der Waals surface area contributed by atoms with Crippen LogP contribution in [0.25, 0.3) is 0 Å². The highest BCUT2D eigenvalue weighted by Crippen LogP contribution is 2.66. The lowest BCUT2D eigenvalue weighted by Crippen LogP contribution is -2.12. The summed E-state index contributed by atoms with van der Waals surface area (Å²) < 4.78 is 10.2. The van der Waals surface area contributed by atoms with Gasteiger partial charge in [-0.15, -0.1) is 11.3 Å². The summed E-state index contributed by atoms with van der Waals surface area (Å²) in [6.07, 6.45) is 4.20. The van der Waals surface area contributed by atoms with Crippen LogP contribution in [0.2, 0.25) is 0 Å². The summed E-state index contributed by atoms with van der Waals surface area (Å²) in [5.41, 5.74) is 6.39. The molecule has 0 aromatic carbocycles. The lowest BCUT2D eigenvalue weighted by atomic mass is 10.0. The van der Waals surface area contributed by atoms with Crippen LogP contribution in [0.4, 0.5) is 10.7 Å². The summed E-state index contributed by atoms with van der Waals surface area (Å²) in [5.74, 6) is 3.62. The number of carbonyl (C=O) groups is 1. The Morgan fingerprint density at radius 1 is 1.29 bits per heavy atom. The van der Waals surface area contributed by atoms with Crippen LogP contribution in [0, 0.1) is 23.7 Å². The normalized spacial score (nSPS) is 35.4. The smallest absolute Gasteiger partial charge is 0.350 e. The van der Waals surface area contributed by atoms with Crippen LogP contribution in [-0.4, -0.2) is 26.2 Å². The van der Waals surface area contributed by atoms with Crippen molar-refractivity contribution in [3.8, 4) is 5.75 Å². The molecular formula is C15H20N2O3S. The molecule has 2 bridgehead atoms. The third kappa shape index (κ3) is 1.78. The number of carbonyl (C=O) groups excluding carboxylic acids is 1. The van der Waals surface area contributed by atoms with Crippen molar-refractivity contribution >= 4 is 28.0 Å². The van der Waals surface area contributed by atoms with E-state index in [0.29, 0.717) is 22.4 Å². The maximum atomic E-state index is 11.8. The highest BCUT2D eigenvalue weighted by molar-refractivity contribution is 7.19. The molecule has 0 spiro atoms. The van der Waals surface area contributed by atoms with E-state index in [1.165, 1.54) is 37.7 Å². The first-order chi connectivity index (χ1) is 10.2. The van der Waals surface area contributed by atoms with Crippen molar-refractivity contribution in [1.82, 2.24) is 0 Å². The van der Waals surface area contributed by atoms with Gasteiger partial charge in [-0.3, -0.25) is 0 Å². The molecular weight excluding hydrogens is 288 g/mol. The average Bonchev–Trinajstić information content (AvgIpc) is 2.82. The summed E-state index contributed by atoms with van der Waals surface area (Å²) in [5, 5.41) is 4.45. The zero-order chi connectivity index (χ0) is 14.7. The second-order valence-electron chi connectivity index (χ2n) is 6.36. The molecule has 3 N–H and O–H groups in total. The Morgan fingerprint density at radius 3 is 2.52 bits per heavy atom. The molecule has 4 rings (SSSR count). The fourth-order valence-corrected chi connectivity index (χ4v) is 5.70. The second-order valence-corrected chi connectivity index (χ2v) is 7.38. The number of ether oxygens (including phenoxy) is 2. The molecule has 1 aromatic rings. The van der Waals surface area contributed by atoms with Crippen LogP contribution in [0.5, 0.6) is 5.75 Å². The van der Waals surface area contributed by atoms with Crippen LogP contribution >= 0.6 is 11.3 Å². The standard InChI is InChI=1S/C15H20N2O3S/c1-19-12-10(16)13(15(18)20-2)21-14(12)17-11-8-6-3-4-7(5-6)9(8)11/h6-9,11,17H,3-5,16H2,1-2H3. The molecule has 6 heteroatoms. The number of nitrogens with one attached hydrogen (secondary N) is 1. The molecule has 1 heterocycles. The Bertz CT molecular complexity index is 584. The summed E-state index contributed by atoms with van der Waals surface area (Å²) >= 11 is 1.34. The van der Waals surface area contributed by atoms with E-state index in [1.54, 1.807) is 7.11 Å². The van der Waals surface area contributed by atoms with Gasteiger partial charge in [0.1, 0.15) is 15.6 Å². The van der Waals surface area contributed by atoms with E-state index >= 15 is 0 Å². The summed E-state index contributed by atoms with van der Waals surface area (Å²) in [6, 6.07) is 0.536. The highest BCUT2D eigenvalue weighted by Gasteiger charge is 2.65. The quantitative estimate of drug-likeness (QED) is 0.836. The van der Waals surface area contributed by atoms with Crippen molar-refractivity contribution in [2.75, 3.05) is 25.3 Å². The van der Waals surface area contributed by atoms with E-state index < -0.39 is 5.97 Å². The number of nitrogen functional groups attached to an aromatic ring is 1. The van der Waals surface area contributed by atoms with Crippen LogP contribution in [0.3, 0.4) is 0 Å². The lowest BCUT2D eigenvalue weighted by Gasteiger charge is -2.11. The van der Waals surface area contributed by atoms with E-state index in [1.807, 2.05) is 0 Å². The van der Waals surface area contributed by atoms with Crippen molar-refractivity contribution in [2.24, 2.45) is 23.7 Å². The fraction of sp³-hybridized carbons (Fsp3) is 0.667. The summed E-state index contributed by atoms with van der Waals surface area (Å²) in [6.45, 7) is 0. The molecule has 3 fully saturated rings. The van der Waals surface area contributed by atoms with Gasteiger partial charge in [-0.05, 0) is 42.9 Å². The zero-order valence-corrected chi connectivity index (χ0v) is 13.0. The first-order valence-electron chi connectivity index (χ1n) is 7.46. The van der Waals surface area contributed by atoms with Gasteiger partial charge >= 0.3 is 5.97 Å². The summed E-state index contributed by atoms with van der Waals surface area (Å²) in [4.78, 5) is 12.2. The van der Waals surface area contributed by atoms with Crippen molar-refractivity contribution in [2.45, 2.75) is 25.3 Å². The van der Waals surface area contributed by atoms with E-state index in [4.69, 9.17) is 15.2 Å². The Balaban J connectivity index is 1.57. The van der Waals surface area contributed by atoms with E-state index in [0.717, 1.165) is 28.7 Å². The monoisotopic (exact) mass is 308 g/mol. The molecule has 3 aliphatic carbocycles. The highest BCUT2D eigenvalue weighted by atomic mass is 32.1. The van der Waals surface area contributed by atoms with E-state index in [2.05, 4.69) is 5.32 Å². The van der Waals surface area contributed by atoms with E-state index in [9.17, 15) is 4.79 Å². The Hall–Kier alpha value is -1.43. The van der Waals surface area contributed by atoms with Crippen molar-refractivity contribution in [3.63, 3.8) is 0 Å². The largest absolute Gasteiger partial charge is 0.492 e. The number of hydrogen-bond acceptors (Lipinski definition) is 6. The molecule has 114 valence electrons. The van der Waals surface area contributed by atoms with Gasteiger partial charge in [0.2, 0.25) is 0 Å². The van der Waals surface area contributed by atoms with Crippen LogP contribution in [0.1, 0.15) is 28.9 Å². The number of methoxy groups -OCH3 is 2. The molecule has 0 saturated heterocycles. The van der Waals surface area contributed by atoms with Gasteiger partial charge in [0.05, 0.1) is 14.2 Å². The molecule has 0 aliphatic heterocycles. The maximum Gasteiger partial charge on any atom is 0.350 e. The second kappa shape index (κ2) is 4.53. The molecule has 0 radical (unpaired) electrons. The van der Waals surface area contributed by atoms with Gasteiger partial charge in [-0.2, -0.15) is 0 Å². The Morgan fingerprint density at radius 2 is 1.95 bits per heavy atom. The Kier molecular flexibility index (Phi) is 2.86. The maximum absolute atomic E-state index is 11.8. The Labute approximate surface area is 127 Å². The summed E-state index contributed by atoms with van der Waals surface area (Å²) in [7, 11) is 2.95. The first-order valence-corrected chi connectivity index (χ1v) is 8.28. The molecule has 5 nitrogen and oxygen atoms in total. The third-order valence-corrected chi connectivity index (χ3v) is 6.61. The predicted molar refractivity (Wildman–Crippen MR) is 81.8 cm³/mol. The minimum Gasteiger partial charge on any atom is -0.492 e. The molecule has 4 unspecified atom stereocenters. The van der Waals surface area contributed by atoms with Crippen molar-refractivity contribution < 1.29 is 14.3 Å². The van der Waals surface area contributed by atoms with Crippen LogP contribution < -0.4 is 15.8 Å². The zero-order valence-electron chi connectivity index (χ0n) is 12.2. The third-order valence-electron chi connectivity index (χ3n) is 5.51. The first kappa shape index (κ1) is 13.2. The number of rotatable bonds is 4. The average molecular weight is 308 g/mol. The van der Waals surface area contributed by atoms with Crippen molar-refractivity contribution in [1.29, 1.82) is 0 Å². The topological polar surface area (TPSA) is 73.6 Å². The van der Waals surface area contributed by atoms with Gasteiger partial charge in [0, 0.05) is 6.04 Å². The van der Waals surface area contributed by atoms with Gasteiger partial charge in [0.25, 0.3) is 0 Å². The number of nitrogens with two attached hydrogens (primary N) is 1. The van der Waals surface area contributed by atoms with Gasteiger partial charge < -0.3 is 20.5 Å². The molecule has 21 heavy (non-hydrogen) atoms. The lowest BCUT2D eigenvalue weighted by molar-refractivity contribution is 0.0607. The van der Waals surface area contributed by atoms with Gasteiger partial charge in [0.15, 0.2) is 5.75 Å². The molecule has 1 aromatic heterocycles. The number of thiophene rings is 1. The minimum atomic E-state index is -0.403. The van der Waals surface area contributed by atoms with E-state index in [-0.39, 0.29) is 0 Å². The molecule has 0 amide bonds. The molecule has 3 saturated carbocycles. The molecule has 3 aliphatic rings. The van der Waals surface area contributed by atoms with Crippen molar-refractivity contribution in [3.05, 3.63) is 4.88 Å². The number of hydrogen-bond donors (Lipinski definition) is 2. The molecule has 4 atom stereocenters. The SMILES string of the molecule is COC(=O)c1sc(NC2C3C4CCC(C4)C23)c(OC)c1N. The predicted octanol–water partition coefficient (Wildman–Crippen LogP) is 2.58. The van der Waals surface area contributed by atoms with Crippen LogP contribution in [0.15, 0.2) is 0 Å². The van der Waals surface area contributed by atoms with Gasteiger partial charge in [-0.1, -0.05) is 0 Å². The van der Waals surface area contributed by atoms with Gasteiger partial charge in [-0.25, -0.2) is 4.79 Å². The number of anilines is 2.